The summed E-state index contributed by atoms with van der Waals surface area (Å²) in [5.41, 5.74) is 0.493. The van der Waals surface area contributed by atoms with E-state index in [0.717, 1.165) is 31.3 Å². The molecule has 12 atom stereocenters. The molecule has 4 fully saturated rings. The van der Waals surface area contributed by atoms with Crippen LogP contribution < -0.4 is 0 Å². The van der Waals surface area contributed by atoms with Gasteiger partial charge in [0, 0.05) is 5.92 Å². The molecule has 0 amide bonds. The standard InChI is InChI=1S/C32H52O6/c1-17(2)9-10-20(28(35)36)26-22-15-24(34)27-30(6)13-12-23(33)19(5)21(30)11-14-31(27,7)32(22,8)16-25(26)38-29(37)18(3)4/h9,18-27,33-34H,10-16H2,1-8H3,(H,35,36)/t19-,20+,21?,22?,23+,24?,25-,26+,27?,30-,31-,32-/m0/s1. The third kappa shape index (κ3) is 4.46. The topological polar surface area (TPSA) is 104 Å². The van der Waals surface area contributed by atoms with Gasteiger partial charge in [0.15, 0.2) is 0 Å². The number of aliphatic carboxylic acids is 1. The van der Waals surface area contributed by atoms with Crippen LogP contribution in [0.5, 0.6) is 0 Å². The summed E-state index contributed by atoms with van der Waals surface area (Å²) in [6.45, 7) is 16.7. The van der Waals surface area contributed by atoms with E-state index in [1.165, 1.54) is 0 Å². The first kappa shape index (κ1) is 29.6. The number of carbonyl (C=O) groups excluding carboxylic acids is 1. The van der Waals surface area contributed by atoms with E-state index in [2.05, 4.69) is 27.7 Å². The molecular formula is C32H52O6. The van der Waals surface area contributed by atoms with Gasteiger partial charge in [-0.15, -0.1) is 0 Å². The van der Waals surface area contributed by atoms with Gasteiger partial charge < -0.3 is 20.1 Å². The fourth-order valence-corrected chi connectivity index (χ4v) is 10.2. The normalized spacial score (nSPS) is 46.9. The lowest BCUT2D eigenvalue weighted by Crippen LogP contribution is -2.66. The van der Waals surface area contributed by atoms with E-state index in [1.807, 2.05) is 33.8 Å². The summed E-state index contributed by atoms with van der Waals surface area (Å²) < 4.78 is 6.17. The molecule has 4 aliphatic rings. The molecule has 0 heterocycles. The number of esters is 1. The Morgan fingerprint density at radius 2 is 1.66 bits per heavy atom. The monoisotopic (exact) mass is 532 g/mol. The number of carboxylic acid groups (broad SMARTS) is 1. The highest BCUT2D eigenvalue weighted by Crippen LogP contribution is 2.74. The Kier molecular flexibility index (Phi) is 7.95. The SMILES string of the molecule is CC(C)=CC[C@@H](C(=O)O)[C@@H]1C2CC(O)C3[C@@]4(C)CC[C@@H](O)[C@@H](C)C4CC[C@]3(C)[C@@]2(C)C[C@@H]1OC(=O)C(C)C. The summed E-state index contributed by atoms with van der Waals surface area (Å²) in [4.78, 5) is 25.6. The molecule has 0 aliphatic heterocycles. The van der Waals surface area contributed by atoms with Gasteiger partial charge in [-0.2, -0.15) is 0 Å². The molecule has 4 rings (SSSR count). The van der Waals surface area contributed by atoms with Gasteiger partial charge in [0.2, 0.25) is 0 Å². The minimum absolute atomic E-state index is 0.0536. The molecular weight excluding hydrogens is 480 g/mol. The Hall–Kier alpha value is -1.40. The number of aliphatic hydroxyl groups excluding tert-OH is 2. The molecule has 4 aliphatic carbocycles. The molecule has 0 aromatic rings. The fourth-order valence-electron chi connectivity index (χ4n) is 10.2. The molecule has 6 nitrogen and oxygen atoms in total. The first-order valence-electron chi connectivity index (χ1n) is 15.0. The number of carboxylic acids is 1. The van der Waals surface area contributed by atoms with Crippen LogP contribution >= 0.6 is 0 Å². The lowest BCUT2D eigenvalue weighted by atomic mass is 9.36. The summed E-state index contributed by atoms with van der Waals surface area (Å²) in [5.74, 6) is -1.87. The van der Waals surface area contributed by atoms with E-state index >= 15 is 0 Å². The highest BCUT2D eigenvalue weighted by atomic mass is 16.5. The molecule has 3 N–H and O–H groups in total. The minimum atomic E-state index is -0.852. The molecule has 0 spiro atoms. The van der Waals surface area contributed by atoms with E-state index in [-0.39, 0.29) is 57.9 Å². The van der Waals surface area contributed by atoms with E-state index in [1.54, 1.807) is 0 Å². The van der Waals surface area contributed by atoms with Crippen molar-refractivity contribution in [2.45, 2.75) is 119 Å². The number of fused-ring (bicyclic) bond motifs is 5. The van der Waals surface area contributed by atoms with Crippen molar-refractivity contribution in [2.24, 2.45) is 57.7 Å². The van der Waals surface area contributed by atoms with Crippen molar-refractivity contribution in [3.8, 4) is 0 Å². The Labute approximate surface area is 229 Å². The molecule has 4 unspecified atom stereocenters. The van der Waals surface area contributed by atoms with Crippen molar-refractivity contribution in [3.05, 3.63) is 11.6 Å². The van der Waals surface area contributed by atoms with Crippen LogP contribution in [0.3, 0.4) is 0 Å². The molecule has 0 radical (unpaired) electrons. The van der Waals surface area contributed by atoms with Gasteiger partial charge in [-0.05, 0) is 98.7 Å². The molecule has 216 valence electrons. The predicted octanol–water partition coefficient (Wildman–Crippen LogP) is 5.85. The van der Waals surface area contributed by atoms with E-state index in [4.69, 9.17) is 4.74 Å². The highest BCUT2D eigenvalue weighted by Gasteiger charge is 2.72. The average molecular weight is 533 g/mol. The number of rotatable bonds is 6. The highest BCUT2D eigenvalue weighted by molar-refractivity contribution is 5.73. The van der Waals surface area contributed by atoms with Crippen molar-refractivity contribution >= 4 is 11.9 Å². The Morgan fingerprint density at radius 1 is 1.00 bits per heavy atom. The first-order valence-corrected chi connectivity index (χ1v) is 15.0. The van der Waals surface area contributed by atoms with Crippen molar-refractivity contribution in [2.75, 3.05) is 0 Å². The molecule has 0 saturated heterocycles. The van der Waals surface area contributed by atoms with Crippen LogP contribution in [0.1, 0.15) is 100 Å². The van der Waals surface area contributed by atoms with Gasteiger partial charge >= 0.3 is 11.9 Å². The number of carbonyl (C=O) groups is 2. The molecule has 38 heavy (non-hydrogen) atoms. The van der Waals surface area contributed by atoms with Crippen LogP contribution in [0.15, 0.2) is 11.6 Å². The maximum Gasteiger partial charge on any atom is 0.308 e. The number of ether oxygens (including phenoxy) is 1. The third-order valence-electron chi connectivity index (χ3n) is 12.3. The van der Waals surface area contributed by atoms with Gasteiger partial charge in [0.1, 0.15) is 6.10 Å². The lowest BCUT2D eigenvalue weighted by molar-refractivity contribution is -0.240. The van der Waals surface area contributed by atoms with Crippen LogP contribution in [0.25, 0.3) is 0 Å². The summed E-state index contributed by atoms with van der Waals surface area (Å²) >= 11 is 0. The van der Waals surface area contributed by atoms with E-state index < -0.39 is 24.1 Å². The average Bonchev–Trinajstić information content (AvgIpc) is 3.08. The molecule has 0 bridgehead atoms. The number of hydrogen-bond acceptors (Lipinski definition) is 5. The van der Waals surface area contributed by atoms with Crippen LogP contribution in [-0.2, 0) is 14.3 Å². The van der Waals surface area contributed by atoms with Gasteiger partial charge in [0.25, 0.3) is 0 Å². The maximum atomic E-state index is 12.9. The quantitative estimate of drug-likeness (QED) is 0.293. The Balaban J connectivity index is 1.79. The van der Waals surface area contributed by atoms with Gasteiger partial charge in [0.05, 0.1) is 24.0 Å². The Bertz CT molecular complexity index is 954. The zero-order valence-corrected chi connectivity index (χ0v) is 24.9. The fraction of sp³-hybridized carbons (Fsp3) is 0.875. The van der Waals surface area contributed by atoms with Gasteiger partial charge in [-0.3, -0.25) is 9.59 Å². The van der Waals surface area contributed by atoms with Crippen molar-refractivity contribution < 1.29 is 29.6 Å². The number of aliphatic hydroxyl groups is 2. The third-order valence-corrected chi connectivity index (χ3v) is 12.3. The summed E-state index contributed by atoms with van der Waals surface area (Å²) in [6, 6.07) is 0. The van der Waals surface area contributed by atoms with Crippen LogP contribution in [0, 0.1) is 57.7 Å². The number of hydrogen-bond donors (Lipinski definition) is 3. The van der Waals surface area contributed by atoms with Crippen molar-refractivity contribution in [1.29, 1.82) is 0 Å². The first-order chi connectivity index (χ1) is 17.6. The maximum absolute atomic E-state index is 12.9. The van der Waals surface area contributed by atoms with Crippen LogP contribution in [-0.4, -0.2) is 45.6 Å². The lowest BCUT2D eigenvalue weighted by Gasteiger charge is -2.69. The van der Waals surface area contributed by atoms with Gasteiger partial charge in [-0.1, -0.05) is 53.2 Å². The Morgan fingerprint density at radius 3 is 2.24 bits per heavy atom. The molecule has 4 saturated carbocycles. The van der Waals surface area contributed by atoms with E-state index in [0.29, 0.717) is 25.2 Å². The predicted molar refractivity (Wildman–Crippen MR) is 147 cm³/mol. The molecule has 0 aromatic carbocycles. The summed E-state index contributed by atoms with van der Waals surface area (Å²) in [5, 5.41) is 33.1. The van der Waals surface area contributed by atoms with Crippen molar-refractivity contribution in [3.63, 3.8) is 0 Å². The number of allylic oxidation sites excluding steroid dienone is 2. The van der Waals surface area contributed by atoms with Crippen LogP contribution in [0.2, 0.25) is 0 Å². The molecule has 0 aromatic heterocycles. The van der Waals surface area contributed by atoms with Gasteiger partial charge in [-0.25, -0.2) is 0 Å². The second kappa shape index (κ2) is 10.2. The second-order valence-corrected chi connectivity index (χ2v) is 14.7. The zero-order chi connectivity index (χ0) is 28.4. The smallest absolute Gasteiger partial charge is 0.308 e. The zero-order valence-electron chi connectivity index (χ0n) is 24.9. The molecule has 6 heteroatoms. The largest absolute Gasteiger partial charge is 0.481 e. The second-order valence-electron chi connectivity index (χ2n) is 14.7. The summed E-state index contributed by atoms with van der Waals surface area (Å²) in [6.07, 6.45) is 5.83. The van der Waals surface area contributed by atoms with Crippen molar-refractivity contribution in [1.82, 2.24) is 0 Å². The van der Waals surface area contributed by atoms with Crippen LogP contribution in [0.4, 0.5) is 0 Å². The minimum Gasteiger partial charge on any atom is -0.481 e. The van der Waals surface area contributed by atoms with E-state index in [9.17, 15) is 24.9 Å². The summed E-state index contributed by atoms with van der Waals surface area (Å²) in [7, 11) is 0.